The highest BCUT2D eigenvalue weighted by Gasteiger charge is 2.12. The highest BCUT2D eigenvalue weighted by molar-refractivity contribution is 6.33. The molecular formula is C23H16ClFN4O2. The molecule has 0 spiro atoms. The summed E-state index contributed by atoms with van der Waals surface area (Å²) in [7, 11) is 0. The van der Waals surface area contributed by atoms with E-state index in [0.717, 1.165) is 11.9 Å². The maximum atomic E-state index is 14.1. The Morgan fingerprint density at radius 3 is 2.39 bits per heavy atom. The summed E-state index contributed by atoms with van der Waals surface area (Å²) in [6, 6.07) is 22.4. The summed E-state index contributed by atoms with van der Waals surface area (Å²) in [6.45, 7) is 0. The Hall–Kier alpha value is -3.97. The topological polar surface area (TPSA) is 76.1 Å². The molecule has 0 unspecified atom stereocenters. The molecule has 0 saturated carbocycles. The van der Waals surface area contributed by atoms with Crippen LogP contribution in [-0.4, -0.2) is 15.9 Å². The van der Waals surface area contributed by atoms with Gasteiger partial charge in [0.15, 0.2) is 0 Å². The molecule has 4 aromatic rings. The lowest BCUT2D eigenvalue weighted by atomic mass is 10.2. The Kier molecular flexibility index (Phi) is 6.05. The predicted octanol–water partition coefficient (Wildman–Crippen LogP) is 6.06. The first-order valence-electron chi connectivity index (χ1n) is 9.27. The summed E-state index contributed by atoms with van der Waals surface area (Å²) in [5.74, 6) is -0.765. The van der Waals surface area contributed by atoms with Crippen LogP contribution in [0.25, 0.3) is 0 Å². The molecule has 31 heavy (non-hydrogen) atoms. The second kappa shape index (κ2) is 9.23. The molecule has 0 fully saturated rings. The van der Waals surface area contributed by atoms with E-state index in [0.29, 0.717) is 22.0 Å². The molecule has 1 aromatic heterocycles. The van der Waals surface area contributed by atoms with E-state index < -0.39 is 5.82 Å². The molecule has 1 amide bonds. The standard InChI is InChI=1S/C23H16ClFN4O2/c24-18-8-4-5-9-20(18)28-21(30)15-10-12-17(13-11-15)31-22-19(25)14-26-23(29-22)27-16-6-2-1-3-7-16/h1-14H,(H,28,30)(H,26,27,29). The monoisotopic (exact) mass is 434 g/mol. The van der Waals surface area contributed by atoms with Gasteiger partial charge in [0.05, 0.1) is 16.9 Å². The number of para-hydroxylation sites is 2. The van der Waals surface area contributed by atoms with Crippen LogP contribution in [0.2, 0.25) is 5.02 Å². The number of aromatic nitrogens is 2. The zero-order chi connectivity index (χ0) is 21.6. The lowest BCUT2D eigenvalue weighted by molar-refractivity contribution is 0.102. The van der Waals surface area contributed by atoms with Crippen LogP contribution in [0.4, 0.5) is 21.7 Å². The van der Waals surface area contributed by atoms with Crippen LogP contribution < -0.4 is 15.4 Å². The SMILES string of the molecule is O=C(Nc1ccccc1Cl)c1ccc(Oc2nc(Nc3ccccc3)ncc2F)cc1. The zero-order valence-electron chi connectivity index (χ0n) is 16.0. The van der Waals surface area contributed by atoms with Gasteiger partial charge in [0.1, 0.15) is 5.75 Å². The van der Waals surface area contributed by atoms with Gasteiger partial charge in [-0.2, -0.15) is 9.37 Å². The van der Waals surface area contributed by atoms with Crippen LogP contribution >= 0.6 is 11.6 Å². The Labute approximate surface area is 182 Å². The average molecular weight is 435 g/mol. The molecule has 0 saturated heterocycles. The van der Waals surface area contributed by atoms with Crippen molar-refractivity contribution in [3.63, 3.8) is 0 Å². The fourth-order valence-electron chi connectivity index (χ4n) is 2.68. The number of carbonyl (C=O) groups excluding carboxylic acids is 1. The van der Waals surface area contributed by atoms with Gasteiger partial charge in [0.25, 0.3) is 11.8 Å². The minimum absolute atomic E-state index is 0.193. The third kappa shape index (κ3) is 5.15. The molecular weight excluding hydrogens is 419 g/mol. The Morgan fingerprint density at radius 2 is 1.65 bits per heavy atom. The number of hydrogen-bond acceptors (Lipinski definition) is 5. The maximum Gasteiger partial charge on any atom is 0.260 e. The molecule has 3 aromatic carbocycles. The van der Waals surface area contributed by atoms with Gasteiger partial charge in [-0.1, -0.05) is 41.9 Å². The number of amides is 1. The first-order valence-corrected chi connectivity index (χ1v) is 9.65. The molecule has 0 aliphatic carbocycles. The van der Waals surface area contributed by atoms with E-state index in [2.05, 4.69) is 20.6 Å². The van der Waals surface area contributed by atoms with Crippen molar-refractivity contribution in [1.29, 1.82) is 0 Å². The number of benzene rings is 3. The van der Waals surface area contributed by atoms with Crippen molar-refractivity contribution in [2.24, 2.45) is 0 Å². The van der Waals surface area contributed by atoms with Crippen molar-refractivity contribution in [3.8, 4) is 11.6 Å². The Balaban J connectivity index is 1.45. The number of carbonyl (C=O) groups is 1. The molecule has 0 bridgehead atoms. The van der Waals surface area contributed by atoms with Crippen molar-refractivity contribution in [1.82, 2.24) is 9.97 Å². The first-order chi connectivity index (χ1) is 15.1. The van der Waals surface area contributed by atoms with Gasteiger partial charge in [0.2, 0.25) is 11.8 Å². The molecule has 2 N–H and O–H groups in total. The summed E-state index contributed by atoms with van der Waals surface area (Å²) < 4.78 is 19.7. The molecule has 8 heteroatoms. The maximum absolute atomic E-state index is 14.1. The smallest absolute Gasteiger partial charge is 0.260 e. The van der Waals surface area contributed by atoms with Crippen molar-refractivity contribution in [3.05, 3.63) is 101 Å². The predicted molar refractivity (Wildman–Crippen MR) is 118 cm³/mol. The summed E-state index contributed by atoms with van der Waals surface area (Å²) >= 11 is 6.06. The molecule has 6 nitrogen and oxygen atoms in total. The van der Waals surface area contributed by atoms with Crippen LogP contribution in [-0.2, 0) is 0 Å². The van der Waals surface area contributed by atoms with Gasteiger partial charge >= 0.3 is 0 Å². The summed E-state index contributed by atoms with van der Waals surface area (Å²) in [6.07, 6.45) is 1.03. The van der Waals surface area contributed by atoms with E-state index in [1.807, 2.05) is 30.3 Å². The van der Waals surface area contributed by atoms with Crippen LogP contribution in [0.1, 0.15) is 10.4 Å². The second-order valence-corrected chi connectivity index (χ2v) is 6.81. The molecule has 0 radical (unpaired) electrons. The normalized spacial score (nSPS) is 10.4. The van der Waals surface area contributed by atoms with E-state index in [1.165, 1.54) is 0 Å². The minimum Gasteiger partial charge on any atom is -0.436 e. The molecule has 0 atom stereocenters. The first kappa shape index (κ1) is 20.3. The van der Waals surface area contributed by atoms with Gasteiger partial charge < -0.3 is 15.4 Å². The van der Waals surface area contributed by atoms with Gasteiger partial charge in [-0.15, -0.1) is 0 Å². The van der Waals surface area contributed by atoms with E-state index in [-0.39, 0.29) is 17.7 Å². The lowest BCUT2D eigenvalue weighted by Crippen LogP contribution is -2.12. The number of nitrogens with one attached hydrogen (secondary N) is 2. The highest BCUT2D eigenvalue weighted by atomic mass is 35.5. The Morgan fingerprint density at radius 1 is 0.935 bits per heavy atom. The molecule has 1 heterocycles. The van der Waals surface area contributed by atoms with Gasteiger partial charge in [0, 0.05) is 11.3 Å². The lowest BCUT2D eigenvalue weighted by Gasteiger charge is -2.10. The zero-order valence-corrected chi connectivity index (χ0v) is 16.8. The number of rotatable bonds is 6. The fourth-order valence-corrected chi connectivity index (χ4v) is 2.86. The highest BCUT2D eigenvalue weighted by Crippen LogP contribution is 2.25. The minimum atomic E-state index is -0.709. The number of nitrogens with zero attached hydrogens (tertiary/aromatic N) is 2. The number of hydrogen-bond donors (Lipinski definition) is 2. The molecule has 4 rings (SSSR count). The van der Waals surface area contributed by atoms with Crippen molar-refractivity contribution in [2.75, 3.05) is 10.6 Å². The number of ether oxygens (including phenoxy) is 1. The second-order valence-electron chi connectivity index (χ2n) is 6.40. The average Bonchev–Trinajstić information content (AvgIpc) is 2.79. The van der Waals surface area contributed by atoms with Crippen molar-refractivity contribution in [2.45, 2.75) is 0 Å². The van der Waals surface area contributed by atoms with Crippen LogP contribution in [0, 0.1) is 5.82 Å². The summed E-state index contributed by atoms with van der Waals surface area (Å²) in [5.41, 5.74) is 1.66. The number of halogens is 2. The van der Waals surface area contributed by atoms with Gasteiger partial charge in [-0.3, -0.25) is 4.79 Å². The van der Waals surface area contributed by atoms with E-state index >= 15 is 0 Å². The van der Waals surface area contributed by atoms with Crippen LogP contribution in [0.15, 0.2) is 85.1 Å². The van der Waals surface area contributed by atoms with E-state index in [4.69, 9.17) is 16.3 Å². The quantitative estimate of drug-likeness (QED) is 0.386. The molecule has 154 valence electrons. The van der Waals surface area contributed by atoms with Gasteiger partial charge in [-0.25, -0.2) is 4.98 Å². The van der Waals surface area contributed by atoms with E-state index in [1.54, 1.807) is 48.5 Å². The van der Waals surface area contributed by atoms with Gasteiger partial charge in [-0.05, 0) is 48.5 Å². The summed E-state index contributed by atoms with van der Waals surface area (Å²) in [4.78, 5) is 20.4. The fraction of sp³-hybridized carbons (Fsp3) is 0. The Bertz CT molecular complexity index is 1200. The molecule has 0 aliphatic rings. The largest absolute Gasteiger partial charge is 0.436 e. The van der Waals surface area contributed by atoms with Crippen molar-refractivity contribution >= 4 is 34.8 Å². The van der Waals surface area contributed by atoms with Crippen LogP contribution in [0.3, 0.4) is 0 Å². The van der Waals surface area contributed by atoms with Crippen LogP contribution in [0.5, 0.6) is 11.6 Å². The molecule has 0 aliphatic heterocycles. The van der Waals surface area contributed by atoms with E-state index in [9.17, 15) is 9.18 Å². The summed E-state index contributed by atoms with van der Waals surface area (Å²) in [5, 5.41) is 6.15. The van der Waals surface area contributed by atoms with Crippen molar-refractivity contribution < 1.29 is 13.9 Å². The number of anilines is 3. The third-order valence-electron chi connectivity index (χ3n) is 4.19. The third-order valence-corrected chi connectivity index (χ3v) is 4.52.